The molecule has 0 spiro atoms. The molecule has 4 heteroatoms. The molecule has 2 rings (SSSR count). The molecule has 0 fully saturated rings. The molecule has 0 radical (unpaired) electrons. The van der Waals surface area contributed by atoms with Crippen LogP contribution in [0.5, 0.6) is 0 Å². The molecule has 0 aliphatic carbocycles. The summed E-state index contributed by atoms with van der Waals surface area (Å²) >= 11 is 5.76. The molecule has 0 unspecified atom stereocenters. The zero-order valence-electron chi connectivity index (χ0n) is 6.24. The minimum Gasteiger partial charge on any atom is -0.390 e. The van der Waals surface area contributed by atoms with Crippen molar-refractivity contribution in [1.29, 1.82) is 0 Å². The van der Waals surface area contributed by atoms with E-state index in [9.17, 15) is 0 Å². The molecule has 0 atom stereocenters. The number of aliphatic hydroxyl groups is 1. The maximum atomic E-state index is 8.80. The van der Waals surface area contributed by atoms with Crippen molar-refractivity contribution in [2.75, 3.05) is 0 Å². The van der Waals surface area contributed by atoms with Gasteiger partial charge >= 0.3 is 0 Å². The van der Waals surface area contributed by atoms with Crippen LogP contribution in [0.2, 0.25) is 5.02 Å². The Bertz CT molecular complexity index is 410. The van der Waals surface area contributed by atoms with E-state index in [4.69, 9.17) is 16.7 Å². The number of pyridine rings is 1. The van der Waals surface area contributed by atoms with E-state index < -0.39 is 0 Å². The number of hydrogen-bond acceptors (Lipinski definition) is 2. The molecule has 0 bridgehead atoms. The molecule has 2 heterocycles. The number of halogens is 1. The number of rotatable bonds is 1. The van der Waals surface area contributed by atoms with Crippen LogP contribution >= 0.6 is 11.6 Å². The second kappa shape index (κ2) is 2.77. The van der Waals surface area contributed by atoms with Gasteiger partial charge in [0.2, 0.25) is 0 Å². The molecule has 62 valence electrons. The van der Waals surface area contributed by atoms with Gasteiger partial charge in [0.1, 0.15) is 5.65 Å². The lowest BCUT2D eigenvalue weighted by Crippen LogP contribution is -1.79. The number of nitrogens with zero attached hydrogens (tertiary/aromatic N) is 2. The van der Waals surface area contributed by atoms with Gasteiger partial charge < -0.3 is 9.51 Å². The molecule has 0 amide bonds. The lowest BCUT2D eigenvalue weighted by Gasteiger charge is -1.91. The van der Waals surface area contributed by atoms with Gasteiger partial charge in [-0.1, -0.05) is 11.6 Å². The largest absolute Gasteiger partial charge is 0.390 e. The first kappa shape index (κ1) is 7.58. The minimum atomic E-state index is -0.0424. The summed E-state index contributed by atoms with van der Waals surface area (Å²) in [5.41, 5.74) is 1.45. The highest BCUT2D eigenvalue weighted by molar-refractivity contribution is 6.30. The standard InChI is InChI=1S/C8H7ClN2O/c9-6-1-2-8-10-7(5-12)4-11(8)3-6/h1-4,12H,5H2. The monoisotopic (exact) mass is 182 g/mol. The number of hydrogen-bond donors (Lipinski definition) is 1. The summed E-state index contributed by atoms with van der Waals surface area (Å²) in [6.07, 6.45) is 3.50. The van der Waals surface area contributed by atoms with Gasteiger partial charge in [0.05, 0.1) is 17.3 Å². The molecule has 0 aliphatic heterocycles. The molecular weight excluding hydrogens is 176 g/mol. The highest BCUT2D eigenvalue weighted by atomic mass is 35.5. The van der Waals surface area contributed by atoms with Gasteiger partial charge in [-0.05, 0) is 12.1 Å². The van der Waals surface area contributed by atoms with Crippen LogP contribution in [0.15, 0.2) is 24.5 Å². The van der Waals surface area contributed by atoms with E-state index in [0.717, 1.165) is 5.65 Å². The lowest BCUT2D eigenvalue weighted by molar-refractivity contribution is 0.277. The molecule has 2 aromatic heterocycles. The van der Waals surface area contributed by atoms with Crippen LogP contribution in [-0.2, 0) is 6.61 Å². The fourth-order valence-electron chi connectivity index (χ4n) is 1.09. The predicted molar refractivity (Wildman–Crippen MR) is 46.1 cm³/mol. The Kier molecular flexibility index (Phi) is 1.75. The van der Waals surface area contributed by atoms with Crippen LogP contribution in [0, 0.1) is 0 Å². The smallest absolute Gasteiger partial charge is 0.137 e. The van der Waals surface area contributed by atoms with Crippen LogP contribution in [0.3, 0.4) is 0 Å². The number of aliphatic hydroxyl groups excluding tert-OH is 1. The Labute approximate surface area is 74.2 Å². The van der Waals surface area contributed by atoms with E-state index in [-0.39, 0.29) is 6.61 Å². The predicted octanol–water partition coefficient (Wildman–Crippen LogP) is 1.48. The maximum Gasteiger partial charge on any atom is 0.137 e. The summed E-state index contributed by atoms with van der Waals surface area (Å²) in [5.74, 6) is 0. The Morgan fingerprint density at radius 3 is 3.00 bits per heavy atom. The third-order valence-corrected chi connectivity index (χ3v) is 1.85. The fraction of sp³-hybridized carbons (Fsp3) is 0.125. The Hall–Kier alpha value is -1.06. The number of fused-ring (bicyclic) bond motifs is 1. The van der Waals surface area contributed by atoms with Crippen LogP contribution in [0.1, 0.15) is 5.69 Å². The zero-order valence-corrected chi connectivity index (χ0v) is 6.99. The van der Waals surface area contributed by atoms with Gasteiger partial charge in [-0.25, -0.2) is 4.98 Å². The first-order valence-electron chi connectivity index (χ1n) is 3.53. The first-order chi connectivity index (χ1) is 5.79. The van der Waals surface area contributed by atoms with Gasteiger partial charge in [0.15, 0.2) is 0 Å². The quantitative estimate of drug-likeness (QED) is 0.726. The summed E-state index contributed by atoms with van der Waals surface area (Å²) in [6, 6.07) is 3.58. The molecule has 2 aromatic rings. The summed E-state index contributed by atoms with van der Waals surface area (Å²) < 4.78 is 1.79. The van der Waals surface area contributed by atoms with Crippen LogP contribution in [0.4, 0.5) is 0 Å². The van der Waals surface area contributed by atoms with Gasteiger partial charge in [0.25, 0.3) is 0 Å². The van der Waals surface area contributed by atoms with Crippen molar-refractivity contribution in [2.24, 2.45) is 0 Å². The second-order valence-corrected chi connectivity index (χ2v) is 2.94. The molecular formula is C8H7ClN2O. The van der Waals surface area contributed by atoms with Crippen LogP contribution < -0.4 is 0 Å². The third kappa shape index (κ3) is 1.17. The van der Waals surface area contributed by atoms with Gasteiger partial charge in [-0.15, -0.1) is 0 Å². The fourth-order valence-corrected chi connectivity index (χ4v) is 1.26. The SMILES string of the molecule is OCc1cn2cc(Cl)ccc2n1. The van der Waals surface area contributed by atoms with Gasteiger partial charge in [-0.3, -0.25) is 0 Å². The van der Waals surface area contributed by atoms with Crippen molar-refractivity contribution in [3.05, 3.63) is 35.2 Å². The van der Waals surface area contributed by atoms with Crippen molar-refractivity contribution >= 4 is 17.2 Å². The summed E-state index contributed by atoms with van der Waals surface area (Å²) in [6.45, 7) is -0.0424. The topological polar surface area (TPSA) is 37.5 Å². The Balaban J connectivity index is 2.67. The molecule has 0 aromatic carbocycles. The van der Waals surface area contributed by atoms with Crippen molar-refractivity contribution in [2.45, 2.75) is 6.61 Å². The molecule has 0 aliphatic rings. The molecule has 0 saturated heterocycles. The van der Waals surface area contributed by atoms with Crippen molar-refractivity contribution in [1.82, 2.24) is 9.38 Å². The van der Waals surface area contributed by atoms with E-state index in [0.29, 0.717) is 10.7 Å². The van der Waals surface area contributed by atoms with Crippen LogP contribution in [-0.4, -0.2) is 14.5 Å². The van der Waals surface area contributed by atoms with Crippen molar-refractivity contribution in [3.8, 4) is 0 Å². The summed E-state index contributed by atoms with van der Waals surface area (Å²) in [5, 5.41) is 9.46. The van der Waals surface area contributed by atoms with E-state index >= 15 is 0 Å². The molecule has 12 heavy (non-hydrogen) atoms. The molecule has 0 saturated carbocycles. The Morgan fingerprint density at radius 1 is 1.42 bits per heavy atom. The van der Waals surface area contributed by atoms with E-state index in [1.54, 1.807) is 22.9 Å². The normalized spacial score (nSPS) is 10.8. The maximum absolute atomic E-state index is 8.80. The second-order valence-electron chi connectivity index (χ2n) is 2.50. The van der Waals surface area contributed by atoms with E-state index in [1.807, 2.05) is 6.07 Å². The van der Waals surface area contributed by atoms with E-state index in [2.05, 4.69) is 4.98 Å². The average Bonchev–Trinajstić information content (AvgIpc) is 2.46. The van der Waals surface area contributed by atoms with Gasteiger partial charge in [0, 0.05) is 12.4 Å². The van der Waals surface area contributed by atoms with Crippen molar-refractivity contribution < 1.29 is 5.11 Å². The van der Waals surface area contributed by atoms with Crippen molar-refractivity contribution in [3.63, 3.8) is 0 Å². The first-order valence-corrected chi connectivity index (χ1v) is 3.91. The Morgan fingerprint density at radius 2 is 2.25 bits per heavy atom. The summed E-state index contributed by atoms with van der Waals surface area (Å²) in [4.78, 5) is 4.13. The van der Waals surface area contributed by atoms with Crippen LogP contribution in [0.25, 0.3) is 5.65 Å². The zero-order chi connectivity index (χ0) is 8.55. The minimum absolute atomic E-state index is 0.0424. The lowest BCUT2D eigenvalue weighted by atomic mass is 10.5. The highest BCUT2D eigenvalue weighted by Crippen LogP contribution is 2.11. The molecule has 1 N–H and O–H groups in total. The summed E-state index contributed by atoms with van der Waals surface area (Å²) in [7, 11) is 0. The average molecular weight is 183 g/mol. The molecule has 3 nitrogen and oxygen atoms in total. The highest BCUT2D eigenvalue weighted by Gasteiger charge is 1.99. The number of aromatic nitrogens is 2. The third-order valence-electron chi connectivity index (χ3n) is 1.63. The number of imidazole rings is 1. The van der Waals surface area contributed by atoms with E-state index in [1.165, 1.54) is 0 Å². The van der Waals surface area contributed by atoms with Gasteiger partial charge in [-0.2, -0.15) is 0 Å².